The van der Waals surface area contributed by atoms with Crippen molar-refractivity contribution < 1.29 is 27.9 Å². The second-order valence-electron chi connectivity index (χ2n) is 9.58. The van der Waals surface area contributed by atoms with Gasteiger partial charge in [-0.25, -0.2) is 0 Å². The number of alkyl halides is 1. The average molecular weight is 526 g/mol. The van der Waals surface area contributed by atoms with Gasteiger partial charge in [-0.1, -0.05) is 0 Å². The molecule has 11 nitrogen and oxygen atoms in total. The fraction of sp³-hybridized carbons (Fsp3) is 0.750. The van der Waals surface area contributed by atoms with Gasteiger partial charge >= 0.3 is 11.9 Å². The number of halogens is 1. The Morgan fingerprint density at radius 1 is 0.778 bits per heavy atom. The number of hydrogen-bond acceptors (Lipinski definition) is 11. The molecule has 2 saturated carbocycles. The van der Waals surface area contributed by atoms with Crippen LogP contribution in [0.5, 0.6) is 0 Å². The average Bonchev–Trinajstić information content (AvgIpc) is 3.58. The number of hydrogen-bond donors (Lipinski definition) is 0. The molecule has 0 unspecified atom stereocenters. The van der Waals surface area contributed by atoms with Crippen molar-refractivity contribution in [3.05, 3.63) is 23.6 Å². The number of esters is 2. The van der Waals surface area contributed by atoms with E-state index in [1.807, 2.05) is 19.0 Å². The summed E-state index contributed by atoms with van der Waals surface area (Å²) in [5.74, 6) is 3.07. The molecule has 0 saturated heterocycles. The lowest BCUT2D eigenvalue weighted by Gasteiger charge is -2.24. The van der Waals surface area contributed by atoms with Gasteiger partial charge in [0.25, 0.3) is 0 Å². The first-order valence-electron chi connectivity index (χ1n) is 12.3. The number of carbonyl (C=O) groups excluding carboxylic acids is 2. The lowest BCUT2D eigenvalue weighted by atomic mass is 9.82. The van der Waals surface area contributed by atoms with Crippen LogP contribution in [0.3, 0.4) is 0 Å². The first-order chi connectivity index (χ1) is 17.3. The number of rotatable bonds is 7. The Morgan fingerprint density at radius 3 is 1.56 bits per heavy atom. The summed E-state index contributed by atoms with van der Waals surface area (Å²) in [6.45, 7) is 0.657. The SMILES string of the molecule is COC(=O)C1CCC(c2nnc(CCl)o2)CC1.COC(=O)C1CCC(c2nnc(CN(C)C)o2)CC1. The van der Waals surface area contributed by atoms with Crippen LogP contribution in [0.1, 0.15) is 86.8 Å². The highest BCUT2D eigenvalue weighted by Gasteiger charge is 2.31. The highest BCUT2D eigenvalue weighted by molar-refractivity contribution is 6.16. The molecule has 0 bridgehead atoms. The molecule has 2 aromatic heterocycles. The van der Waals surface area contributed by atoms with E-state index in [0.29, 0.717) is 30.1 Å². The second kappa shape index (κ2) is 13.7. The largest absolute Gasteiger partial charge is 0.469 e. The van der Waals surface area contributed by atoms with Crippen LogP contribution in [0.2, 0.25) is 0 Å². The van der Waals surface area contributed by atoms with Crippen LogP contribution >= 0.6 is 11.6 Å². The Hall–Kier alpha value is -2.53. The summed E-state index contributed by atoms with van der Waals surface area (Å²) in [6.07, 6.45) is 6.87. The molecule has 2 aliphatic rings. The molecule has 12 heteroatoms. The van der Waals surface area contributed by atoms with E-state index in [4.69, 9.17) is 29.9 Å². The Balaban J connectivity index is 0.000000202. The maximum atomic E-state index is 11.5. The molecule has 0 aromatic carbocycles. The first-order valence-corrected chi connectivity index (χ1v) is 12.9. The fourth-order valence-electron chi connectivity index (χ4n) is 4.74. The molecule has 0 amide bonds. The Labute approximate surface area is 216 Å². The molecule has 36 heavy (non-hydrogen) atoms. The molecule has 0 N–H and O–H groups in total. The molecule has 0 atom stereocenters. The predicted octanol–water partition coefficient (Wildman–Crippen LogP) is 3.83. The van der Waals surface area contributed by atoms with E-state index >= 15 is 0 Å². The van der Waals surface area contributed by atoms with Crippen LogP contribution in [0.15, 0.2) is 8.83 Å². The van der Waals surface area contributed by atoms with Gasteiger partial charge in [0.15, 0.2) is 0 Å². The van der Waals surface area contributed by atoms with Crippen LogP contribution < -0.4 is 0 Å². The second-order valence-corrected chi connectivity index (χ2v) is 9.85. The third-order valence-corrected chi connectivity index (χ3v) is 6.98. The maximum absolute atomic E-state index is 11.5. The topological polar surface area (TPSA) is 134 Å². The van der Waals surface area contributed by atoms with Gasteiger partial charge in [-0.3, -0.25) is 9.59 Å². The zero-order valence-corrected chi connectivity index (χ0v) is 22.2. The van der Waals surface area contributed by atoms with Crippen LogP contribution in [-0.2, 0) is 31.5 Å². The molecule has 2 fully saturated rings. The third kappa shape index (κ3) is 7.73. The predicted molar refractivity (Wildman–Crippen MR) is 129 cm³/mol. The van der Waals surface area contributed by atoms with E-state index in [9.17, 15) is 9.59 Å². The maximum Gasteiger partial charge on any atom is 0.308 e. The van der Waals surface area contributed by atoms with E-state index in [1.54, 1.807) is 0 Å². The van der Waals surface area contributed by atoms with Gasteiger partial charge in [-0.15, -0.1) is 32.0 Å². The molecular formula is C24H36ClN5O6. The molecular weight excluding hydrogens is 490 g/mol. The van der Waals surface area contributed by atoms with Gasteiger partial charge < -0.3 is 23.2 Å². The highest BCUT2D eigenvalue weighted by Crippen LogP contribution is 2.36. The smallest absolute Gasteiger partial charge is 0.308 e. The van der Waals surface area contributed by atoms with Gasteiger partial charge in [0.05, 0.1) is 32.6 Å². The van der Waals surface area contributed by atoms with Crippen LogP contribution in [0.4, 0.5) is 0 Å². The summed E-state index contributed by atoms with van der Waals surface area (Å²) >= 11 is 5.61. The lowest BCUT2D eigenvalue weighted by molar-refractivity contribution is -0.147. The van der Waals surface area contributed by atoms with Crippen molar-refractivity contribution in [2.24, 2.45) is 11.8 Å². The molecule has 0 aliphatic heterocycles. The summed E-state index contributed by atoms with van der Waals surface area (Å²) in [5.41, 5.74) is 0. The van der Waals surface area contributed by atoms with Gasteiger partial charge in [0.1, 0.15) is 5.88 Å². The van der Waals surface area contributed by atoms with E-state index in [1.165, 1.54) is 14.2 Å². The molecule has 2 heterocycles. The van der Waals surface area contributed by atoms with Crippen molar-refractivity contribution in [3.63, 3.8) is 0 Å². The first kappa shape index (κ1) is 28.0. The molecule has 0 radical (unpaired) electrons. The monoisotopic (exact) mass is 525 g/mol. The quantitative estimate of drug-likeness (QED) is 0.385. The summed E-state index contributed by atoms with van der Waals surface area (Å²) < 4.78 is 20.6. The zero-order chi connectivity index (χ0) is 26.1. The minimum absolute atomic E-state index is 0.0201. The number of ether oxygens (including phenoxy) is 2. The lowest BCUT2D eigenvalue weighted by Crippen LogP contribution is -2.22. The van der Waals surface area contributed by atoms with E-state index in [2.05, 4.69) is 20.4 Å². The van der Waals surface area contributed by atoms with E-state index in [-0.39, 0.29) is 41.5 Å². The summed E-state index contributed by atoms with van der Waals surface area (Å²) in [5, 5.41) is 16.0. The number of carbonyl (C=O) groups is 2. The molecule has 0 spiro atoms. The Kier molecular flexibility index (Phi) is 10.7. The minimum Gasteiger partial charge on any atom is -0.469 e. The third-order valence-electron chi connectivity index (χ3n) is 6.75. The van der Waals surface area contributed by atoms with Crippen LogP contribution in [0.25, 0.3) is 0 Å². The van der Waals surface area contributed by atoms with Crippen molar-refractivity contribution >= 4 is 23.5 Å². The van der Waals surface area contributed by atoms with Crippen LogP contribution in [0, 0.1) is 11.8 Å². The van der Waals surface area contributed by atoms with E-state index < -0.39 is 0 Å². The van der Waals surface area contributed by atoms with Gasteiger partial charge in [-0.2, -0.15) is 0 Å². The van der Waals surface area contributed by atoms with Crippen molar-refractivity contribution in [2.45, 2.75) is 75.6 Å². The molecule has 200 valence electrons. The summed E-state index contributed by atoms with van der Waals surface area (Å²) in [7, 11) is 6.80. The highest BCUT2D eigenvalue weighted by atomic mass is 35.5. The Bertz CT molecular complexity index is 964. The number of methoxy groups -OCH3 is 2. The van der Waals surface area contributed by atoms with Gasteiger partial charge in [0, 0.05) is 11.8 Å². The number of nitrogens with zero attached hydrogens (tertiary/aromatic N) is 5. The van der Waals surface area contributed by atoms with Crippen molar-refractivity contribution in [2.75, 3.05) is 28.3 Å². The normalized spacial score (nSPS) is 24.1. The van der Waals surface area contributed by atoms with E-state index in [0.717, 1.165) is 51.4 Å². The zero-order valence-electron chi connectivity index (χ0n) is 21.4. The summed E-state index contributed by atoms with van der Waals surface area (Å²) in [6, 6.07) is 0. The number of aromatic nitrogens is 4. The minimum atomic E-state index is -0.115. The van der Waals surface area contributed by atoms with Gasteiger partial charge in [0.2, 0.25) is 23.6 Å². The fourth-order valence-corrected chi connectivity index (χ4v) is 4.85. The molecule has 2 aliphatic carbocycles. The molecule has 2 aromatic rings. The van der Waals surface area contributed by atoms with Gasteiger partial charge in [-0.05, 0) is 65.5 Å². The van der Waals surface area contributed by atoms with Crippen molar-refractivity contribution in [3.8, 4) is 0 Å². The Morgan fingerprint density at radius 2 is 1.19 bits per heavy atom. The summed E-state index contributed by atoms with van der Waals surface area (Å²) in [4.78, 5) is 24.8. The van der Waals surface area contributed by atoms with Crippen LogP contribution in [-0.4, -0.2) is 65.5 Å². The van der Waals surface area contributed by atoms with Crippen molar-refractivity contribution in [1.82, 2.24) is 25.3 Å². The standard InChI is InChI=1S/C13H21N3O3.C11H15ClN2O3/c1-16(2)8-11-14-15-12(19-11)9-4-6-10(7-5-9)13(17)18-3;1-16-11(15)8-4-2-7(3-5-8)10-14-13-9(6-12)17-10/h9-10H,4-8H2,1-3H3;7-8H,2-6H2,1H3. The molecule has 4 rings (SSSR count). The van der Waals surface area contributed by atoms with Crippen molar-refractivity contribution in [1.29, 1.82) is 0 Å².